The molecule has 2 aromatic carbocycles. The van der Waals surface area contributed by atoms with E-state index in [-0.39, 0.29) is 12.8 Å². The van der Waals surface area contributed by atoms with Crippen molar-refractivity contribution < 1.29 is 43.8 Å². The largest absolute Gasteiger partial charge is 0.480 e. The molecule has 3 rings (SSSR count). The number of nitrogens with one attached hydrogen (secondary N) is 7. The summed E-state index contributed by atoms with van der Waals surface area (Å²) in [4.78, 5) is 93.7. The minimum Gasteiger partial charge on any atom is -0.480 e. The van der Waals surface area contributed by atoms with E-state index in [1.54, 1.807) is 50.4 Å². The number of aromatic nitrogens is 1. The topological polar surface area (TPSA) is 300 Å². The highest BCUT2D eigenvalue weighted by Crippen LogP contribution is 2.20. The van der Waals surface area contributed by atoms with Gasteiger partial charge in [-0.1, -0.05) is 68.8 Å². The molecule has 6 amide bonds. The van der Waals surface area contributed by atoms with E-state index in [1.807, 2.05) is 24.3 Å². The zero-order chi connectivity index (χ0) is 42.1. The summed E-state index contributed by atoms with van der Waals surface area (Å²) in [6.07, 6.45) is 1.94. The number of carboxylic acids is 1. The lowest BCUT2D eigenvalue weighted by Crippen LogP contribution is -2.58. The van der Waals surface area contributed by atoms with Crippen molar-refractivity contribution in [3.05, 3.63) is 71.9 Å². The van der Waals surface area contributed by atoms with E-state index in [4.69, 9.17) is 11.5 Å². The number of carbonyl (C=O) groups excluding carboxylic acids is 6. The van der Waals surface area contributed by atoms with Crippen LogP contribution in [0.3, 0.4) is 0 Å². The van der Waals surface area contributed by atoms with Crippen LogP contribution >= 0.6 is 0 Å². The highest BCUT2D eigenvalue weighted by atomic mass is 16.4. The molecule has 57 heavy (non-hydrogen) atoms. The van der Waals surface area contributed by atoms with E-state index in [9.17, 15) is 43.8 Å². The van der Waals surface area contributed by atoms with Crippen LogP contribution in [0.4, 0.5) is 0 Å². The summed E-state index contributed by atoms with van der Waals surface area (Å²) in [6.45, 7) is 3.79. The van der Waals surface area contributed by atoms with Crippen LogP contribution in [0.2, 0.25) is 0 Å². The summed E-state index contributed by atoms with van der Waals surface area (Å²) in [5.41, 5.74) is 13.5. The molecule has 18 heteroatoms. The normalized spacial score (nSPS) is 14.3. The highest BCUT2D eigenvalue weighted by Gasteiger charge is 2.32. The number of carbonyl (C=O) groups is 7. The van der Waals surface area contributed by atoms with Crippen LogP contribution in [-0.4, -0.2) is 113 Å². The Kier molecular flexibility index (Phi) is 18.1. The summed E-state index contributed by atoms with van der Waals surface area (Å²) in [6, 6.07) is 10.0. The van der Waals surface area contributed by atoms with Crippen LogP contribution in [0.1, 0.15) is 51.2 Å². The van der Waals surface area contributed by atoms with Crippen molar-refractivity contribution in [3.63, 3.8) is 0 Å². The number of nitrogens with two attached hydrogens (primary N) is 2. The fourth-order valence-corrected chi connectivity index (χ4v) is 5.90. The molecule has 0 fully saturated rings. The summed E-state index contributed by atoms with van der Waals surface area (Å²) in [5.74, 6) is -6.27. The SMILES string of the molecule is CC(C)[C@H](NC(=O)[C@H](Cc1c[nH]c2ccccc12)NC(=O)[C@H](Cc1ccccc1)NC(=O)CNC(=O)CNC(=O)[C@@H](NC(=O)[C@@H](N)CCCCN)[C@@H](C)O)C(=O)O. The van der Waals surface area contributed by atoms with Gasteiger partial charge in [-0.05, 0) is 49.4 Å². The van der Waals surface area contributed by atoms with Crippen molar-refractivity contribution >= 4 is 52.3 Å². The first-order valence-electron chi connectivity index (χ1n) is 18.8. The third-order valence-electron chi connectivity index (χ3n) is 9.13. The fourth-order valence-electron chi connectivity index (χ4n) is 5.90. The molecule has 6 atom stereocenters. The smallest absolute Gasteiger partial charge is 0.326 e. The number of fused-ring (bicyclic) bond motifs is 1. The van der Waals surface area contributed by atoms with Gasteiger partial charge in [0.2, 0.25) is 35.4 Å². The van der Waals surface area contributed by atoms with Crippen molar-refractivity contribution in [2.75, 3.05) is 19.6 Å². The summed E-state index contributed by atoms with van der Waals surface area (Å²) >= 11 is 0. The number of hydrogen-bond acceptors (Lipinski definition) is 10. The molecule has 0 radical (unpaired) electrons. The average Bonchev–Trinajstić information content (AvgIpc) is 3.59. The minimum absolute atomic E-state index is 0.00326. The van der Waals surface area contributed by atoms with Gasteiger partial charge < -0.3 is 58.6 Å². The maximum Gasteiger partial charge on any atom is 0.326 e. The first kappa shape index (κ1) is 45.5. The first-order valence-corrected chi connectivity index (χ1v) is 18.8. The highest BCUT2D eigenvalue weighted by molar-refractivity contribution is 5.96. The molecule has 0 bridgehead atoms. The van der Waals surface area contributed by atoms with Crippen LogP contribution < -0.4 is 43.4 Å². The van der Waals surface area contributed by atoms with Crippen molar-refractivity contribution in [2.45, 2.75) is 89.2 Å². The summed E-state index contributed by atoms with van der Waals surface area (Å²) < 4.78 is 0. The molecule has 3 aromatic rings. The number of H-pyrrole nitrogens is 1. The van der Waals surface area contributed by atoms with E-state index in [1.165, 1.54) is 6.92 Å². The van der Waals surface area contributed by atoms with E-state index in [2.05, 4.69) is 36.9 Å². The molecule has 0 saturated heterocycles. The zero-order valence-electron chi connectivity index (χ0n) is 32.4. The van der Waals surface area contributed by atoms with Crippen molar-refractivity contribution in [3.8, 4) is 0 Å². The van der Waals surface area contributed by atoms with Gasteiger partial charge in [-0.2, -0.15) is 0 Å². The molecular weight excluding hydrogens is 738 g/mol. The van der Waals surface area contributed by atoms with E-state index >= 15 is 0 Å². The number of hydrogen-bond donors (Lipinski definition) is 11. The maximum absolute atomic E-state index is 13.9. The van der Waals surface area contributed by atoms with Gasteiger partial charge in [0.15, 0.2) is 0 Å². The maximum atomic E-state index is 13.9. The van der Waals surface area contributed by atoms with Gasteiger partial charge in [0.1, 0.15) is 24.2 Å². The van der Waals surface area contributed by atoms with Gasteiger partial charge in [0, 0.05) is 29.9 Å². The van der Waals surface area contributed by atoms with Gasteiger partial charge in [-0.25, -0.2) is 4.79 Å². The molecule has 0 aliphatic carbocycles. The number of benzene rings is 2. The molecular formula is C39H55N9O9. The lowest BCUT2D eigenvalue weighted by atomic mass is 10.00. The van der Waals surface area contributed by atoms with Gasteiger partial charge in [0.05, 0.1) is 25.2 Å². The second-order valence-corrected chi connectivity index (χ2v) is 14.1. The Hall–Kier alpha value is -5.85. The molecule has 18 nitrogen and oxygen atoms in total. The Morgan fingerprint density at radius 3 is 1.96 bits per heavy atom. The number of aliphatic carboxylic acids is 1. The van der Waals surface area contributed by atoms with Crippen LogP contribution in [0.25, 0.3) is 10.9 Å². The number of unbranched alkanes of at least 4 members (excludes halogenated alkanes) is 1. The fraction of sp³-hybridized carbons (Fsp3) is 0.462. The third kappa shape index (κ3) is 14.6. The lowest BCUT2D eigenvalue weighted by molar-refractivity contribution is -0.143. The molecule has 0 unspecified atom stereocenters. The van der Waals surface area contributed by atoms with Crippen molar-refractivity contribution in [1.82, 2.24) is 36.9 Å². The van der Waals surface area contributed by atoms with E-state index in [0.29, 0.717) is 36.9 Å². The van der Waals surface area contributed by atoms with Crippen LogP contribution in [0.5, 0.6) is 0 Å². The molecule has 0 aliphatic rings. The molecule has 0 aliphatic heterocycles. The first-order chi connectivity index (χ1) is 27.1. The van der Waals surface area contributed by atoms with Gasteiger partial charge in [-0.3, -0.25) is 28.8 Å². The van der Waals surface area contributed by atoms with Gasteiger partial charge in [0.25, 0.3) is 0 Å². The van der Waals surface area contributed by atoms with Crippen LogP contribution in [0, 0.1) is 5.92 Å². The standard InChI is InChI=1S/C39H55N9O9/c1-22(2)33(39(56)57)47-37(54)30(18-25-19-42-28-15-8-7-13-26(25)28)46-36(53)29(17-24-11-5-4-6-12-24)45-32(51)21-43-31(50)20-44-38(55)34(23(3)49)48-35(52)27(41)14-9-10-16-40/h4-8,11-13,15,19,22-23,27,29-30,33-34,42,49H,9-10,14,16-18,20-21,40-41H2,1-3H3,(H,43,50)(H,44,55)(H,45,51)(H,46,53)(H,47,54)(H,48,52)(H,56,57)/t23-,27+,29+,30+,33+,34+/m1/s1. The molecule has 13 N–H and O–H groups in total. The van der Waals surface area contributed by atoms with Crippen LogP contribution in [0.15, 0.2) is 60.8 Å². The predicted octanol–water partition coefficient (Wildman–Crippen LogP) is -1.30. The molecule has 1 heterocycles. The molecule has 0 saturated carbocycles. The van der Waals surface area contributed by atoms with E-state index < -0.39 is 96.7 Å². The van der Waals surface area contributed by atoms with E-state index in [0.717, 1.165) is 10.9 Å². The minimum atomic E-state index is -1.41. The third-order valence-corrected chi connectivity index (χ3v) is 9.13. The number of aliphatic hydroxyl groups excluding tert-OH is 1. The van der Waals surface area contributed by atoms with Gasteiger partial charge in [-0.15, -0.1) is 0 Å². The van der Waals surface area contributed by atoms with Crippen LogP contribution in [-0.2, 0) is 46.4 Å². The number of para-hydroxylation sites is 1. The number of aliphatic hydroxyl groups is 1. The number of amides is 6. The number of carboxylic acid groups (broad SMARTS) is 1. The van der Waals surface area contributed by atoms with Crippen molar-refractivity contribution in [2.24, 2.45) is 17.4 Å². The Bertz CT molecular complexity index is 1830. The van der Waals surface area contributed by atoms with Gasteiger partial charge >= 0.3 is 5.97 Å². The monoisotopic (exact) mass is 793 g/mol. The Morgan fingerprint density at radius 1 is 0.702 bits per heavy atom. The second kappa shape index (κ2) is 22.6. The lowest BCUT2D eigenvalue weighted by Gasteiger charge is -2.26. The Balaban J connectivity index is 1.69. The summed E-state index contributed by atoms with van der Waals surface area (Å²) in [5, 5.41) is 35.5. The average molecular weight is 794 g/mol. The second-order valence-electron chi connectivity index (χ2n) is 14.1. The van der Waals surface area contributed by atoms with Crippen molar-refractivity contribution in [1.29, 1.82) is 0 Å². The molecule has 1 aromatic heterocycles. The Morgan fingerprint density at radius 2 is 1.32 bits per heavy atom. The predicted molar refractivity (Wildman–Crippen MR) is 211 cm³/mol. The zero-order valence-corrected chi connectivity index (χ0v) is 32.4. The molecule has 310 valence electrons. The Labute approximate surface area is 330 Å². The summed E-state index contributed by atoms with van der Waals surface area (Å²) in [7, 11) is 0. The molecule has 0 spiro atoms. The number of aromatic amines is 1. The quantitative estimate of drug-likeness (QED) is 0.0502. The number of rotatable bonds is 23.